The first-order valence-electron chi connectivity index (χ1n) is 7.11. The molecule has 1 heterocycles. The highest BCUT2D eigenvalue weighted by Crippen LogP contribution is 2.27. The van der Waals surface area contributed by atoms with Gasteiger partial charge in [-0.1, -0.05) is 23.4 Å². The number of unbranched alkanes of at least 4 members (excludes halogenated alkanes) is 1. The lowest BCUT2D eigenvalue weighted by Gasteiger charge is -2.07. The first-order chi connectivity index (χ1) is 10.9. The van der Waals surface area contributed by atoms with Gasteiger partial charge in [-0.15, -0.1) is 0 Å². The molecule has 124 valence electrons. The van der Waals surface area contributed by atoms with Crippen LogP contribution in [-0.2, 0) is 17.4 Å². The molecule has 8 heteroatoms. The van der Waals surface area contributed by atoms with Crippen molar-refractivity contribution in [2.24, 2.45) is 0 Å². The van der Waals surface area contributed by atoms with Gasteiger partial charge in [-0.25, -0.2) is 0 Å². The largest absolute Gasteiger partial charge is 0.471 e. The highest BCUT2D eigenvalue weighted by Gasteiger charge is 2.38. The molecule has 0 aliphatic carbocycles. The smallest absolute Gasteiger partial charge is 0.329 e. The number of aromatic nitrogens is 2. The van der Waals surface area contributed by atoms with E-state index in [1.54, 1.807) is 0 Å². The molecule has 0 aliphatic heterocycles. The van der Waals surface area contributed by atoms with Crippen LogP contribution >= 0.6 is 0 Å². The molecule has 0 fully saturated rings. The molecular formula is C15H16F3N3O2. The van der Waals surface area contributed by atoms with Gasteiger partial charge < -0.3 is 9.84 Å². The Morgan fingerprint density at radius 2 is 2.00 bits per heavy atom. The van der Waals surface area contributed by atoms with Crippen LogP contribution in [0.4, 0.5) is 18.9 Å². The fraction of sp³-hybridized carbons (Fsp3) is 0.400. The summed E-state index contributed by atoms with van der Waals surface area (Å²) in [4.78, 5) is 15.1. The third-order valence-corrected chi connectivity index (χ3v) is 3.18. The number of rotatable bonds is 6. The Kier molecular flexibility index (Phi) is 5.36. The molecule has 1 aromatic carbocycles. The Morgan fingerprint density at radius 3 is 2.65 bits per heavy atom. The summed E-state index contributed by atoms with van der Waals surface area (Å²) < 4.78 is 41.0. The van der Waals surface area contributed by atoms with Crippen molar-refractivity contribution in [2.45, 2.75) is 38.8 Å². The molecule has 0 radical (unpaired) electrons. The van der Waals surface area contributed by atoms with E-state index in [9.17, 15) is 18.0 Å². The summed E-state index contributed by atoms with van der Waals surface area (Å²) in [5, 5.41) is 6.07. The second-order valence-corrected chi connectivity index (χ2v) is 5.08. The highest BCUT2D eigenvalue weighted by atomic mass is 19.4. The van der Waals surface area contributed by atoms with Crippen molar-refractivity contribution in [1.82, 2.24) is 10.1 Å². The predicted molar refractivity (Wildman–Crippen MR) is 76.7 cm³/mol. The van der Waals surface area contributed by atoms with E-state index in [2.05, 4.69) is 20.0 Å². The number of nitrogens with zero attached hydrogens (tertiary/aromatic N) is 2. The first-order valence-corrected chi connectivity index (χ1v) is 7.11. The molecule has 2 aromatic rings. The van der Waals surface area contributed by atoms with Gasteiger partial charge >= 0.3 is 12.1 Å². The van der Waals surface area contributed by atoms with Crippen molar-refractivity contribution in [3.05, 3.63) is 41.5 Å². The highest BCUT2D eigenvalue weighted by molar-refractivity contribution is 5.91. The zero-order valence-electron chi connectivity index (χ0n) is 12.5. The molecule has 0 saturated heterocycles. The first kappa shape index (κ1) is 17.0. The van der Waals surface area contributed by atoms with E-state index in [4.69, 9.17) is 0 Å². The van der Waals surface area contributed by atoms with Crippen LogP contribution in [0.15, 0.2) is 28.8 Å². The lowest BCUT2D eigenvalue weighted by atomic mass is 10.1. The number of carbonyl (C=O) groups is 1. The van der Waals surface area contributed by atoms with Crippen molar-refractivity contribution in [3.8, 4) is 0 Å². The average molecular weight is 327 g/mol. The number of carbonyl (C=O) groups excluding carboxylic acids is 1. The van der Waals surface area contributed by atoms with Crippen molar-refractivity contribution in [1.29, 1.82) is 0 Å². The molecule has 1 N–H and O–H groups in total. The van der Waals surface area contributed by atoms with Gasteiger partial charge in [0.2, 0.25) is 5.91 Å². The molecule has 1 aromatic heterocycles. The van der Waals surface area contributed by atoms with Gasteiger partial charge in [0.25, 0.3) is 0 Å². The summed E-state index contributed by atoms with van der Waals surface area (Å²) in [5.74, 6) is -1.48. The van der Waals surface area contributed by atoms with Gasteiger partial charge in [-0.05, 0) is 31.4 Å². The van der Waals surface area contributed by atoms with Gasteiger partial charge in [0.05, 0.1) is 0 Å². The maximum atomic E-state index is 12.3. The number of para-hydroxylation sites is 1. The SMILES string of the molecule is Cc1ccccc1NC(=O)CCCCc1noc(C(F)(F)F)n1. The number of hydrogen-bond donors (Lipinski definition) is 1. The van der Waals surface area contributed by atoms with Crippen LogP contribution in [0.5, 0.6) is 0 Å². The number of anilines is 1. The summed E-state index contributed by atoms with van der Waals surface area (Å²) in [7, 11) is 0. The maximum Gasteiger partial charge on any atom is 0.471 e. The van der Waals surface area contributed by atoms with Gasteiger partial charge in [0, 0.05) is 18.5 Å². The molecular weight excluding hydrogens is 311 g/mol. The lowest BCUT2D eigenvalue weighted by molar-refractivity contribution is -0.159. The zero-order chi connectivity index (χ0) is 16.9. The average Bonchev–Trinajstić information content (AvgIpc) is 2.95. The number of aryl methyl sites for hydroxylation is 2. The molecule has 0 saturated carbocycles. The second kappa shape index (κ2) is 7.26. The molecule has 0 bridgehead atoms. The number of hydrogen-bond acceptors (Lipinski definition) is 4. The maximum absolute atomic E-state index is 12.3. The van der Waals surface area contributed by atoms with E-state index >= 15 is 0 Å². The number of alkyl halides is 3. The van der Waals surface area contributed by atoms with Crippen LogP contribution in [0.3, 0.4) is 0 Å². The van der Waals surface area contributed by atoms with Crippen molar-refractivity contribution >= 4 is 11.6 Å². The Bertz CT molecular complexity index is 668. The standard InChI is InChI=1S/C15H16F3N3O2/c1-10-6-2-3-7-11(10)19-13(22)9-5-4-8-12-20-14(23-21-12)15(16,17)18/h2-3,6-7H,4-5,8-9H2,1H3,(H,19,22). The minimum absolute atomic E-state index is 0.00311. The molecule has 0 spiro atoms. The summed E-state index contributed by atoms with van der Waals surface area (Å²) >= 11 is 0. The second-order valence-electron chi connectivity index (χ2n) is 5.08. The third-order valence-electron chi connectivity index (χ3n) is 3.18. The van der Waals surface area contributed by atoms with Crippen LogP contribution in [0.1, 0.15) is 36.5 Å². The Labute approximate surface area is 130 Å². The monoisotopic (exact) mass is 327 g/mol. The van der Waals surface area contributed by atoms with E-state index in [1.165, 1.54) is 0 Å². The number of halogens is 3. The van der Waals surface area contributed by atoms with Gasteiger partial charge in [-0.3, -0.25) is 4.79 Å². The van der Waals surface area contributed by atoms with Gasteiger partial charge in [0.15, 0.2) is 5.82 Å². The van der Waals surface area contributed by atoms with Crippen molar-refractivity contribution in [2.75, 3.05) is 5.32 Å². The van der Waals surface area contributed by atoms with E-state index < -0.39 is 12.1 Å². The molecule has 2 rings (SSSR count). The summed E-state index contributed by atoms with van der Waals surface area (Å²) in [6.45, 7) is 1.89. The molecule has 0 aliphatic rings. The Morgan fingerprint density at radius 1 is 1.26 bits per heavy atom. The van der Waals surface area contributed by atoms with Crippen LogP contribution in [0.25, 0.3) is 0 Å². The summed E-state index contributed by atoms with van der Waals surface area (Å²) in [5.41, 5.74) is 1.72. The lowest BCUT2D eigenvalue weighted by Crippen LogP contribution is -2.12. The summed E-state index contributed by atoms with van der Waals surface area (Å²) in [6, 6.07) is 7.41. The topological polar surface area (TPSA) is 68.0 Å². The minimum Gasteiger partial charge on any atom is -0.329 e. The number of amides is 1. The minimum atomic E-state index is -4.63. The van der Waals surface area contributed by atoms with Gasteiger partial charge in [-0.2, -0.15) is 18.2 Å². The van der Waals surface area contributed by atoms with Crippen LogP contribution in [0, 0.1) is 6.92 Å². The van der Waals surface area contributed by atoms with E-state index in [0.29, 0.717) is 12.8 Å². The molecule has 1 amide bonds. The summed E-state index contributed by atoms with van der Waals surface area (Å²) in [6.07, 6.45) is -3.10. The predicted octanol–water partition coefficient (Wildman–Crippen LogP) is 3.75. The Balaban J connectivity index is 1.72. The molecule has 5 nitrogen and oxygen atoms in total. The molecule has 23 heavy (non-hydrogen) atoms. The van der Waals surface area contributed by atoms with Crippen LogP contribution in [0.2, 0.25) is 0 Å². The number of nitrogens with one attached hydrogen (secondary N) is 1. The zero-order valence-corrected chi connectivity index (χ0v) is 12.5. The fourth-order valence-electron chi connectivity index (χ4n) is 1.97. The molecule has 0 atom stereocenters. The quantitative estimate of drug-likeness (QED) is 0.821. The van der Waals surface area contributed by atoms with Crippen LogP contribution in [-0.4, -0.2) is 16.0 Å². The fourth-order valence-corrected chi connectivity index (χ4v) is 1.97. The van der Waals surface area contributed by atoms with E-state index in [1.807, 2.05) is 31.2 Å². The number of benzene rings is 1. The Hall–Kier alpha value is -2.38. The third kappa shape index (κ3) is 5.08. The van der Waals surface area contributed by atoms with Crippen molar-refractivity contribution in [3.63, 3.8) is 0 Å². The van der Waals surface area contributed by atoms with E-state index in [-0.39, 0.29) is 24.6 Å². The normalized spacial score (nSPS) is 11.5. The van der Waals surface area contributed by atoms with E-state index in [0.717, 1.165) is 11.3 Å². The molecule has 0 unspecified atom stereocenters. The van der Waals surface area contributed by atoms with Gasteiger partial charge in [0.1, 0.15) is 0 Å². The van der Waals surface area contributed by atoms with Crippen molar-refractivity contribution < 1.29 is 22.5 Å². The van der Waals surface area contributed by atoms with Crippen LogP contribution < -0.4 is 5.32 Å².